The van der Waals surface area contributed by atoms with Gasteiger partial charge in [0.05, 0.1) is 12.7 Å². The number of hydrogen-bond acceptors (Lipinski definition) is 4. The summed E-state index contributed by atoms with van der Waals surface area (Å²) in [6, 6.07) is 0.393. The van der Waals surface area contributed by atoms with Crippen molar-refractivity contribution < 1.29 is 9.53 Å². The van der Waals surface area contributed by atoms with Crippen molar-refractivity contribution in [2.24, 2.45) is 5.92 Å². The lowest BCUT2D eigenvalue weighted by Gasteiger charge is -2.26. The molecule has 0 bridgehead atoms. The Kier molecular flexibility index (Phi) is 7.30. The van der Waals surface area contributed by atoms with Crippen LogP contribution in [0.5, 0.6) is 0 Å². The molecule has 1 aromatic rings. The predicted molar refractivity (Wildman–Crippen MR) is 107 cm³/mol. The molecule has 0 aromatic carbocycles. The van der Waals surface area contributed by atoms with Crippen molar-refractivity contribution in [2.45, 2.75) is 83.9 Å². The van der Waals surface area contributed by atoms with Crippen LogP contribution in [0.15, 0.2) is 0 Å². The first kappa shape index (κ1) is 20.3. The van der Waals surface area contributed by atoms with E-state index in [1.54, 1.807) is 7.05 Å². The summed E-state index contributed by atoms with van der Waals surface area (Å²) < 4.78 is 7.79. The second-order valence-electron chi connectivity index (χ2n) is 8.35. The van der Waals surface area contributed by atoms with Crippen LogP contribution in [0, 0.1) is 5.92 Å². The Bertz CT molecular complexity index is 620. The first-order valence-corrected chi connectivity index (χ1v) is 10.7. The van der Waals surface area contributed by atoms with Crippen LogP contribution in [0.25, 0.3) is 0 Å². The van der Waals surface area contributed by atoms with Crippen LogP contribution >= 0.6 is 0 Å². The SMILES string of the molecule is CNC(=O)c1nn(CC2CCCCC2)c2c1CC(NCCOC(C)C)CC2. The maximum atomic E-state index is 12.4. The Morgan fingerprint density at radius 2 is 2.04 bits per heavy atom. The molecule has 1 fully saturated rings. The Balaban J connectivity index is 1.68. The molecule has 3 rings (SSSR count). The zero-order valence-corrected chi connectivity index (χ0v) is 17.2. The quantitative estimate of drug-likeness (QED) is 0.685. The average molecular weight is 377 g/mol. The van der Waals surface area contributed by atoms with Crippen molar-refractivity contribution in [2.75, 3.05) is 20.2 Å². The van der Waals surface area contributed by atoms with E-state index in [2.05, 4.69) is 29.2 Å². The predicted octanol–water partition coefficient (Wildman–Crippen LogP) is 2.69. The van der Waals surface area contributed by atoms with Crippen LogP contribution in [-0.2, 0) is 24.1 Å². The third-order valence-corrected chi connectivity index (χ3v) is 5.93. The molecule has 2 N–H and O–H groups in total. The number of nitrogens with zero attached hydrogens (tertiary/aromatic N) is 2. The van der Waals surface area contributed by atoms with Crippen LogP contribution in [0.2, 0.25) is 0 Å². The van der Waals surface area contributed by atoms with Crippen molar-refractivity contribution >= 4 is 5.91 Å². The minimum Gasteiger partial charge on any atom is -0.377 e. The number of hydrogen-bond donors (Lipinski definition) is 2. The molecule has 0 radical (unpaired) electrons. The summed E-state index contributed by atoms with van der Waals surface area (Å²) in [7, 11) is 1.69. The topological polar surface area (TPSA) is 68.2 Å². The van der Waals surface area contributed by atoms with Crippen molar-refractivity contribution in [3.63, 3.8) is 0 Å². The summed E-state index contributed by atoms with van der Waals surface area (Å²) in [5.74, 6) is 0.654. The first-order chi connectivity index (χ1) is 13.1. The third kappa shape index (κ3) is 5.32. The largest absolute Gasteiger partial charge is 0.377 e. The highest BCUT2D eigenvalue weighted by Gasteiger charge is 2.29. The summed E-state index contributed by atoms with van der Waals surface area (Å²) in [5, 5.41) is 11.1. The Labute approximate surface area is 163 Å². The molecule has 1 amide bonds. The molecule has 2 aliphatic rings. The van der Waals surface area contributed by atoms with Gasteiger partial charge in [0, 0.05) is 37.4 Å². The van der Waals surface area contributed by atoms with E-state index in [0.717, 1.165) is 44.5 Å². The zero-order chi connectivity index (χ0) is 19.2. The number of rotatable bonds is 8. The van der Waals surface area contributed by atoms with Crippen molar-refractivity contribution in [3.8, 4) is 0 Å². The maximum Gasteiger partial charge on any atom is 0.271 e. The second-order valence-corrected chi connectivity index (χ2v) is 8.35. The van der Waals surface area contributed by atoms with Crippen LogP contribution in [-0.4, -0.2) is 48.0 Å². The van der Waals surface area contributed by atoms with Crippen LogP contribution < -0.4 is 10.6 Å². The van der Waals surface area contributed by atoms with Crippen LogP contribution in [0.1, 0.15) is 74.1 Å². The fourth-order valence-corrected chi connectivity index (χ4v) is 4.49. The Hall–Kier alpha value is -1.40. The van der Waals surface area contributed by atoms with Crippen molar-refractivity contribution in [1.29, 1.82) is 0 Å². The molecule has 0 aliphatic heterocycles. The molecular formula is C21H36N4O2. The zero-order valence-electron chi connectivity index (χ0n) is 17.2. The van der Waals surface area contributed by atoms with E-state index in [1.165, 1.54) is 37.8 Å². The highest BCUT2D eigenvalue weighted by Crippen LogP contribution is 2.29. The van der Waals surface area contributed by atoms with Gasteiger partial charge < -0.3 is 15.4 Å². The number of ether oxygens (including phenoxy) is 1. The summed E-state index contributed by atoms with van der Waals surface area (Å²) in [6.07, 6.45) is 9.86. The Morgan fingerprint density at radius 1 is 1.26 bits per heavy atom. The van der Waals surface area contributed by atoms with Crippen LogP contribution in [0.4, 0.5) is 0 Å². The monoisotopic (exact) mass is 376 g/mol. The molecule has 6 nitrogen and oxygen atoms in total. The third-order valence-electron chi connectivity index (χ3n) is 5.93. The Morgan fingerprint density at radius 3 is 2.74 bits per heavy atom. The fraction of sp³-hybridized carbons (Fsp3) is 0.810. The fourth-order valence-electron chi connectivity index (χ4n) is 4.49. The number of fused-ring (bicyclic) bond motifs is 1. The molecule has 1 heterocycles. The summed E-state index contributed by atoms with van der Waals surface area (Å²) in [4.78, 5) is 12.4. The molecule has 27 heavy (non-hydrogen) atoms. The molecule has 152 valence electrons. The average Bonchev–Trinajstić information content (AvgIpc) is 3.03. The van der Waals surface area contributed by atoms with Gasteiger partial charge in [0.1, 0.15) is 0 Å². The van der Waals surface area contributed by atoms with Gasteiger partial charge in [-0.3, -0.25) is 9.48 Å². The highest BCUT2D eigenvalue weighted by molar-refractivity contribution is 5.93. The molecule has 1 aromatic heterocycles. The van der Waals surface area contributed by atoms with Crippen LogP contribution in [0.3, 0.4) is 0 Å². The molecule has 1 unspecified atom stereocenters. The van der Waals surface area contributed by atoms with E-state index in [0.29, 0.717) is 17.7 Å². The second kappa shape index (κ2) is 9.69. The van der Waals surface area contributed by atoms with E-state index >= 15 is 0 Å². The molecular weight excluding hydrogens is 340 g/mol. The van der Waals surface area contributed by atoms with Gasteiger partial charge in [-0.1, -0.05) is 19.3 Å². The van der Waals surface area contributed by atoms with Gasteiger partial charge in [-0.25, -0.2) is 0 Å². The maximum absolute atomic E-state index is 12.4. The van der Waals surface area contributed by atoms with Crippen molar-refractivity contribution in [3.05, 3.63) is 17.0 Å². The van der Waals surface area contributed by atoms with E-state index in [-0.39, 0.29) is 12.0 Å². The van der Waals surface area contributed by atoms with Gasteiger partial charge in [0.15, 0.2) is 5.69 Å². The lowest BCUT2D eigenvalue weighted by molar-refractivity contribution is 0.0790. The van der Waals surface area contributed by atoms with Crippen molar-refractivity contribution in [1.82, 2.24) is 20.4 Å². The van der Waals surface area contributed by atoms with Gasteiger partial charge in [-0.15, -0.1) is 0 Å². The van der Waals surface area contributed by atoms with Gasteiger partial charge in [-0.2, -0.15) is 5.10 Å². The van der Waals surface area contributed by atoms with Gasteiger partial charge in [0.25, 0.3) is 5.91 Å². The summed E-state index contributed by atoms with van der Waals surface area (Å²) >= 11 is 0. The van der Waals surface area contributed by atoms with E-state index < -0.39 is 0 Å². The smallest absolute Gasteiger partial charge is 0.271 e. The lowest BCUT2D eigenvalue weighted by Crippen LogP contribution is -2.37. The van der Waals surface area contributed by atoms with Gasteiger partial charge in [-0.05, 0) is 51.9 Å². The van der Waals surface area contributed by atoms with E-state index in [1.807, 2.05) is 0 Å². The minimum atomic E-state index is -0.0579. The number of aromatic nitrogens is 2. The van der Waals surface area contributed by atoms with Gasteiger partial charge in [0.2, 0.25) is 0 Å². The molecule has 6 heteroatoms. The molecule has 1 saturated carbocycles. The normalized spacial score (nSPS) is 20.7. The summed E-state index contributed by atoms with van der Waals surface area (Å²) in [5.41, 5.74) is 3.07. The van der Waals surface area contributed by atoms with E-state index in [9.17, 15) is 4.79 Å². The highest BCUT2D eigenvalue weighted by atomic mass is 16.5. The van der Waals surface area contributed by atoms with Gasteiger partial charge >= 0.3 is 0 Å². The number of amides is 1. The minimum absolute atomic E-state index is 0.0579. The first-order valence-electron chi connectivity index (χ1n) is 10.7. The molecule has 1 atom stereocenters. The lowest BCUT2D eigenvalue weighted by atomic mass is 9.88. The number of nitrogens with one attached hydrogen (secondary N) is 2. The van der Waals surface area contributed by atoms with E-state index in [4.69, 9.17) is 9.84 Å². The molecule has 0 spiro atoms. The molecule has 2 aliphatic carbocycles. The summed E-state index contributed by atoms with van der Waals surface area (Å²) in [6.45, 7) is 6.67. The molecule has 0 saturated heterocycles. The number of carbonyl (C=O) groups is 1. The number of carbonyl (C=O) groups excluding carboxylic acids is 1. The standard InChI is InChI=1S/C21H36N4O2/c1-15(2)27-12-11-23-17-9-10-19-18(13-17)20(21(26)22-3)24-25(19)14-16-7-5-4-6-8-16/h15-17,23H,4-14H2,1-3H3,(H,22,26).